The van der Waals surface area contributed by atoms with Crippen molar-refractivity contribution in [3.8, 4) is 0 Å². The van der Waals surface area contributed by atoms with Crippen LogP contribution in [0.1, 0.15) is 24.0 Å². The first-order valence-electron chi connectivity index (χ1n) is 5.27. The van der Waals surface area contributed by atoms with E-state index >= 15 is 0 Å². The van der Waals surface area contributed by atoms with Gasteiger partial charge in [-0.15, -0.1) is 0 Å². The molecule has 88 valence electrons. The highest BCUT2D eigenvalue weighted by molar-refractivity contribution is 5.75. The number of carbonyl (C=O) groups is 1. The minimum Gasteiger partial charge on any atom is -0.396 e. The number of hydrogen-bond donors (Lipinski definition) is 2. The number of hydrogen-bond acceptors (Lipinski definition) is 2. The molecule has 0 aliphatic heterocycles. The van der Waals surface area contributed by atoms with E-state index in [0.29, 0.717) is 24.9 Å². The topological polar surface area (TPSA) is 49.3 Å². The molecule has 4 heteroatoms. The molecule has 0 unspecified atom stereocenters. The van der Waals surface area contributed by atoms with Crippen molar-refractivity contribution in [2.24, 2.45) is 0 Å². The molecule has 0 saturated carbocycles. The molecule has 0 bridgehead atoms. The lowest BCUT2D eigenvalue weighted by atomic mass is 10.1. The molecule has 0 heterocycles. The van der Waals surface area contributed by atoms with E-state index in [0.717, 1.165) is 5.56 Å². The number of alkyl halides is 1. The normalized spacial score (nSPS) is 10.1. The van der Waals surface area contributed by atoms with Crippen LogP contribution in [0.2, 0.25) is 0 Å². The molecular formula is C12H16FNO2. The summed E-state index contributed by atoms with van der Waals surface area (Å²) in [6.45, 7) is -0.00141. The average molecular weight is 225 g/mol. The van der Waals surface area contributed by atoms with Gasteiger partial charge in [0.05, 0.1) is 0 Å². The van der Waals surface area contributed by atoms with Crippen LogP contribution < -0.4 is 5.32 Å². The summed E-state index contributed by atoms with van der Waals surface area (Å²) in [4.78, 5) is 11.2. The second-order valence-electron chi connectivity index (χ2n) is 3.55. The second-order valence-corrected chi connectivity index (χ2v) is 3.55. The van der Waals surface area contributed by atoms with Crippen LogP contribution in [0, 0.1) is 0 Å². The third kappa shape index (κ3) is 4.40. The molecule has 16 heavy (non-hydrogen) atoms. The standard InChI is InChI=1S/C12H16FNO2/c13-8-10-3-5-11(6-4-10)9-14-12(16)2-1-7-15/h3-6,15H,1-2,7-9H2,(H,14,16). The van der Waals surface area contributed by atoms with Gasteiger partial charge in [-0.2, -0.15) is 0 Å². The van der Waals surface area contributed by atoms with Crippen molar-refractivity contribution >= 4 is 5.91 Å². The van der Waals surface area contributed by atoms with Crippen molar-refractivity contribution < 1.29 is 14.3 Å². The van der Waals surface area contributed by atoms with Gasteiger partial charge < -0.3 is 10.4 Å². The van der Waals surface area contributed by atoms with Crippen LogP contribution in [-0.4, -0.2) is 17.6 Å². The molecule has 1 rings (SSSR count). The highest BCUT2D eigenvalue weighted by Gasteiger charge is 2.00. The van der Waals surface area contributed by atoms with Gasteiger partial charge in [0.2, 0.25) is 5.91 Å². The molecule has 1 aromatic carbocycles. The number of rotatable bonds is 6. The molecule has 0 aliphatic rings. The summed E-state index contributed by atoms with van der Waals surface area (Å²) in [5.74, 6) is -0.0800. The Labute approximate surface area is 94.3 Å². The zero-order chi connectivity index (χ0) is 11.8. The van der Waals surface area contributed by atoms with E-state index in [2.05, 4.69) is 5.32 Å². The van der Waals surface area contributed by atoms with Gasteiger partial charge in [-0.3, -0.25) is 4.79 Å². The number of halogens is 1. The maximum Gasteiger partial charge on any atom is 0.220 e. The Kier molecular flexibility index (Phi) is 5.50. The molecule has 0 atom stereocenters. The van der Waals surface area contributed by atoms with Crippen LogP contribution in [0.25, 0.3) is 0 Å². The summed E-state index contributed by atoms with van der Waals surface area (Å²) in [5, 5.41) is 11.3. The molecule has 3 nitrogen and oxygen atoms in total. The average Bonchev–Trinajstić information content (AvgIpc) is 2.34. The minimum absolute atomic E-state index is 0.0264. The first-order chi connectivity index (χ1) is 7.76. The van der Waals surface area contributed by atoms with Crippen molar-refractivity contribution in [3.63, 3.8) is 0 Å². The van der Waals surface area contributed by atoms with Gasteiger partial charge in [-0.05, 0) is 17.5 Å². The number of amides is 1. The fourth-order valence-electron chi connectivity index (χ4n) is 1.27. The molecule has 1 amide bonds. The molecule has 0 aromatic heterocycles. The molecule has 0 spiro atoms. The maximum absolute atomic E-state index is 12.2. The van der Waals surface area contributed by atoms with Crippen LogP contribution in [0.3, 0.4) is 0 Å². The number of benzene rings is 1. The molecule has 1 aromatic rings. The molecule has 0 saturated heterocycles. The Balaban J connectivity index is 2.33. The first kappa shape index (κ1) is 12.6. The summed E-state index contributed by atoms with van der Waals surface area (Å²) in [6, 6.07) is 6.99. The quantitative estimate of drug-likeness (QED) is 0.771. The zero-order valence-corrected chi connectivity index (χ0v) is 9.08. The predicted octanol–water partition coefficient (Wildman–Crippen LogP) is 1.54. The lowest BCUT2D eigenvalue weighted by molar-refractivity contribution is -0.121. The van der Waals surface area contributed by atoms with Gasteiger partial charge in [-0.25, -0.2) is 4.39 Å². The minimum atomic E-state index is -0.469. The summed E-state index contributed by atoms with van der Waals surface area (Å²) in [6.07, 6.45) is 0.811. The Morgan fingerprint density at radius 2 is 1.88 bits per heavy atom. The molecule has 0 aliphatic carbocycles. The van der Waals surface area contributed by atoms with E-state index in [9.17, 15) is 9.18 Å². The number of nitrogens with one attached hydrogen (secondary N) is 1. The SMILES string of the molecule is O=C(CCCO)NCc1ccc(CF)cc1. The lowest BCUT2D eigenvalue weighted by Crippen LogP contribution is -2.22. The fraction of sp³-hybridized carbons (Fsp3) is 0.417. The maximum atomic E-state index is 12.2. The first-order valence-corrected chi connectivity index (χ1v) is 5.27. The highest BCUT2D eigenvalue weighted by atomic mass is 19.1. The highest BCUT2D eigenvalue weighted by Crippen LogP contribution is 2.05. The molecule has 2 N–H and O–H groups in total. The Morgan fingerprint density at radius 3 is 2.44 bits per heavy atom. The van der Waals surface area contributed by atoms with Gasteiger partial charge in [0.15, 0.2) is 0 Å². The summed E-state index contributed by atoms with van der Waals surface area (Å²) >= 11 is 0. The van der Waals surface area contributed by atoms with Crippen molar-refractivity contribution in [2.45, 2.75) is 26.1 Å². The van der Waals surface area contributed by atoms with Gasteiger partial charge in [0, 0.05) is 19.6 Å². The number of carbonyl (C=O) groups excluding carboxylic acids is 1. The lowest BCUT2D eigenvalue weighted by Gasteiger charge is -2.05. The third-order valence-corrected chi connectivity index (χ3v) is 2.23. The monoisotopic (exact) mass is 225 g/mol. The second kappa shape index (κ2) is 6.95. The fourth-order valence-corrected chi connectivity index (χ4v) is 1.27. The van der Waals surface area contributed by atoms with Crippen LogP contribution in [0.4, 0.5) is 4.39 Å². The van der Waals surface area contributed by atoms with Gasteiger partial charge in [-0.1, -0.05) is 24.3 Å². The summed E-state index contributed by atoms with van der Waals surface area (Å²) < 4.78 is 12.2. The summed E-state index contributed by atoms with van der Waals surface area (Å²) in [7, 11) is 0. The third-order valence-electron chi connectivity index (χ3n) is 2.23. The van der Waals surface area contributed by atoms with Gasteiger partial charge in [0.1, 0.15) is 6.67 Å². The van der Waals surface area contributed by atoms with E-state index in [1.54, 1.807) is 24.3 Å². The number of aliphatic hydroxyl groups is 1. The molecule has 0 radical (unpaired) electrons. The van der Waals surface area contributed by atoms with Crippen LogP contribution >= 0.6 is 0 Å². The van der Waals surface area contributed by atoms with Gasteiger partial charge >= 0.3 is 0 Å². The van der Waals surface area contributed by atoms with Crippen LogP contribution in [0.15, 0.2) is 24.3 Å². The summed E-state index contributed by atoms with van der Waals surface area (Å²) in [5.41, 5.74) is 1.57. The Hall–Kier alpha value is -1.42. The van der Waals surface area contributed by atoms with Crippen LogP contribution in [0.5, 0.6) is 0 Å². The number of aliphatic hydroxyl groups excluding tert-OH is 1. The van der Waals surface area contributed by atoms with Crippen molar-refractivity contribution in [1.82, 2.24) is 5.32 Å². The molecular weight excluding hydrogens is 209 g/mol. The van der Waals surface area contributed by atoms with E-state index < -0.39 is 6.67 Å². The van der Waals surface area contributed by atoms with Gasteiger partial charge in [0.25, 0.3) is 0 Å². The van der Waals surface area contributed by atoms with E-state index in [4.69, 9.17) is 5.11 Å². The van der Waals surface area contributed by atoms with E-state index in [-0.39, 0.29) is 12.5 Å². The van der Waals surface area contributed by atoms with E-state index in [1.165, 1.54) is 0 Å². The Bertz CT molecular complexity index is 324. The van der Waals surface area contributed by atoms with E-state index in [1.807, 2.05) is 0 Å². The van der Waals surface area contributed by atoms with Crippen molar-refractivity contribution in [1.29, 1.82) is 0 Å². The van der Waals surface area contributed by atoms with Crippen LogP contribution in [-0.2, 0) is 18.0 Å². The predicted molar refractivity (Wildman–Crippen MR) is 59.4 cm³/mol. The smallest absolute Gasteiger partial charge is 0.220 e. The molecule has 0 fully saturated rings. The largest absolute Gasteiger partial charge is 0.396 e. The zero-order valence-electron chi connectivity index (χ0n) is 9.08. The van der Waals surface area contributed by atoms with Crippen molar-refractivity contribution in [3.05, 3.63) is 35.4 Å². The van der Waals surface area contributed by atoms with Crippen molar-refractivity contribution in [2.75, 3.05) is 6.61 Å². The Morgan fingerprint density at radius 1 is 1.25 bits per heavy atom.